The first-order chi connectivity index (χ1) is 20.8. The Morgan fingerprint density at radius 1 is 1.23 bits per heavy atom. The van der Waals surface area contributed by atoms with E-state index >= 15 is 0 Å². The molecule has 0 spiro atoms. The molecule has 2 heterocycles. The second kappa shape index (κ2) is 15.3. The number of benzene rings is 1. The second-order valence-corrected chi connectivity index (χ2v) is 11.5. The van der Waals surface area contributed by atoms with Crippen molar-refractivity contribution in [2.24, 2.45) is 17.0 Å². The number of carboxylic acids is 1. The van der Waals surface area contributed by atoms with Gasteiger partial charge in [-0.2, -0.15) is 0 Å². The third kappa shape index (κ3) is 9.25. The lowest BCUT2D eigenvalue weighted by molar-refractivity contribution is -0.148. The zero-order valence-corrected chi connectivity index (χ0v) is 25.7. The minimum atomic E-state index is -1.06. The molecule has 0 saturated carbocycles. The highest BCUT2D eigenvalue weighted by atomic mass is 16.4. The lowest BCUT2D eigenvalue weighted by atomic mass is 9.90. The van der Waals surface area contributed by atoms with Gasteiger partial charge >= 0.3 is 5.97 Å². The molecule has 44 heavy (non-hydrogen) atoms. The minimum Gasteiger partial charge on any atom is -0.480 e. The molecule has 1 aliphatic rings. The third-order valence-corrected chi connectivity index (χ3v) is 7.53. The van der Waals surface area contributed by atoms with Crippen LogP contribution in [-0.2, 0) is 25.6 Å². The van der Waals surface area contributed by atoms with Crippen LogP contribution in [0.4, 0.5) is 0 Å². The summed E-state index contributed by atoms with van der Waals surface area (Å²) in [7, 11) is 0. The number of nitrogens with two attached hydrogens (primary N) is 2. The molecule has 13 nitrogen and oxygen atoms in total. The molecule has 0 bridgehead atoms. The Kier molecular flexibility index (Phi) is 11.8. The fourth-order valence-corrected chi connectivity index (χ4v) is 4.70. The molecule has 8 N–H and O–H groups in total. The van der Waals surface area contributed by atoms with Gasteiger partial charge in [0.1, 0.15) is 18.1 Å². The first-order valence-corrected chi connectivity index (χ1v) is 14.7. The maximum absolute atomic E-state index is 13.5. The predicted molar refractivity (Wildman–Crippen MR) is 168 cm³/mol. The fourth-order valence-electron chi connectivity index (χ4n) is 4.70. The first-order valence-electron chi connectivity index (χ1n) is 14.7. The summed E-state index contributed by atoms with van der Waals surface area (Å²) in [6, 6.07) is 5.29. The number of rotatable bonds is 13. The van der Waals surface area contributed by atoms with Gasteiger partial charge in [0.05, 0.1) is 11.1 Å². The van der Waals surface area contributed by atoms with Crippen molar-refractivity contribution in [3.8, 4) is 0 Å². The van der Waals surface area contributed by atoms with Gasteiger partial charge < -0.3 is 26.5 Å². The van der Waals surface area contributed by atoms with Crippen LogP contribution in [0.1, 0.15) is 58.2 Å². The van der Waals surface area contributed by atoms with E-state index in [-0.39, 0.29) is 13.0 Å². The molecule has 1 aromatic carbocycles. The number of carbonyl (C=O) groups is 4. The van der Waals surface area contributed by atoms with Crippen molar-refractivity contribution in [3.05, 3.63) is 60.2 Å². The maximum Gasteiger partial charge on any atom is 0.322 e. The van der Waals surface area contributed by atoms with Crippen LogP contribution < -0.4 is 27.6 Å². The fraction of sp³-hybridized carbons (Fsp3) is 0.452. The van der Waals surface area contributed by atoms with E-state index in [2.05, 4.69) is 40.1 Å². The molecule has 238 valence electrons. The van der Waals surface area contributed by atoms with E-state index < -0.39 is 47.2 Å². The SMILES string of the molecule is CCc1ccc2cnc(/C=C/C(C)(C)C(=O)NC(CCN(N)/C=C\N)C(=O)NC(C)C(=O)N3CCCC(C(=O)O)N3)cc2c1. The highest BCUT2D eigenvalue weighted by molar-refractivity contribution is 5.94. The summed E-state index contributed by atoms with van der Waals surface area (Å²) < 4.78 is 0. The molecule has 3 amide bonds. The Hall–Kier alpha value is -4.49. The predicted octanol–water partition coefficient (Wildman–Crippen LogP) is 1.40. The quantitative estimate of drug-likeness (QED) is 0.143. The third-order valence-electron chi connectivity index (χ3n) is 7.53. The molecule has 1 fully saturated rings. The first kappa shape index (κ1) is 34.0. The van der Waals surface area contributed by atoms with E-state index in [0.29, 0.717) is 25.1 Å². The molecule has 13 heteroatoms. The van der Waals surface area contributed by atoms with Gasteiger partial charge in [0.2, 0.25) is 11.8 Å². The number of amides is 3. The number of aryl methyl sites for hydroxylation is 1. The molecule has 3 rings (SSSR count). The summed E-state index contributed by atoms with van der Waals surface area (Å²) in [5, 5.41) is 19.3. The molecular weight excluding hydrogens is 564 g/mol. The number of hydrazine groups is 2. The van der Waals surface area contributed by atoms with E-state index in [1.54, 1.807) is 32.2 Å². The van der Waals surface area contributed by atoms with Crippen molar-refractivity contribution in [2.45, 2.75) is 71.5 Å². The van der Waals surface area contributed by atoms with Gasteiger partial charge in [-0.3, -0.25) is 29.2 Å². The van der Waals surface area contributed by atoms with Crippen molar-refractivity contribution in [2.75, 3.05) is 13.1 Å². The topological polar surface area (TPSA) is 196 Å². The largest absolute Gasteiger partial charge is 0.480 e. The van der Waals surface area contributed by atoms with E-state index in [1.165, 1.54) is 34.9 Å². The maximum atomic E-state index is 13.5. The van der Waals surface area contributed by atoms with Gasteiger partial charge in [-0.05, 0) is 69.5 Å². The highest BCUT2D eigenvalue weighted by Gasteiger charge is 2.33. The number of aliphatic carboxylic acids is 1. The summed E-state index contributed by atoms with van der Waals surface area (Å²) in [4.78, 5) is 55.7. The monoisotopic (exact) mass is 608 g/mol. The number of hydrogen-bond acceptors (Lipinski definition) is 9. The van der Waals surface area contributed by atoms with Gasteiger partial charge in [0.15, 0.2) is 0 Å². The van der Waals surface area contributed by atoms with Crippen LogP contribution in [0.25, 0.3) is 16.8 Å². The summed E-state index contributed by atoms with van der Waals surface area (Å²) in [5.74, 6) is 3.35. The minimum absolute atomic E-state index is 0.119. The normalized spacial score (nSPS) is 17.0. The van der Waals surface area contributed by atoms with Gasteiger partial charge in [-0.25, -0.2) is 11.3 Å². The molecule has 3 atom stereocenters. The van der Waals surface area contributed by atoms with Crippen LogP contribution >= 0.6 is 0 Å². The molecule has 1 aliphatic heterocycles. The van der Waals surface area contributed by atoms with Crippen LogP contribution in [0, 0.1) is 5.41 Å². The Morgan fingerprint density at radius 3 is 2.66 bits per heavy atom. The molecule has 1 saturated heterocycles. The van der Waals surface area contributed by atoms with Crippen molar-refractivity contribution in [1.29, 1.82) is 0 Å². The molecule has 0 radical (unpaired) electrons. The standard InChI is InChI=1S/C31H44N8O5/c1-5-21-8-9-22-19-34-24(18-23(22)17-21)10-12-31(3,4)30(44)36-25(11-15-38(33)16-13-32)27(40)35-20(2)28(41)39-14-6-7-26(37-39)29(42)43/h8-10,12-13,16-20,25-26,37H,5-7,11,14-15,32-33H2,1-4H3,(H,35,40)(H,36,44)(H,42,43)/b12-10+,16-13-. The summed E-state index contributed by atoms with van der Waals surface area (Å²) in [6.07, 6.45) is 9.91. The Labute approximate surface area is 257 Å². The van der Waals surface area contributed by atoms with Gasteiger partial charge in [0, 0.05) is 37.1 Å². The number of hydrogen-bond donors (Lipinski definition) is 6. The van der Waals surface area contributed by atoms with Crippen LogP contribution in [-0.4, -0.2) is 75.0 Å². The molecule has 2 aromatic rings. The highest BCUT2D eigenvalue weighted by Crippen LogP contribution is 2.22. The Bertz CT molecular complexity index is 1410. The molecule has 0 aliphatic carbocycles. The van der Waals surface area contributed by atoms with E-state index in [1.807, 2.05) is 12.1 Å². The van der Waals surface area contributed by atoms with Crippen molar-refractivity contribution >= 4 is 40.5 Å². The van der Waals surface area contributed by atoms with Crippen LogP contribution in [0.5, 0.6) is 0 Å². The Morgan fingerprint density at radius 2 is 1.98 bits per heavy atom. The van der Waals surface area contributed by atoms with Crippen LogP contribution in [0.3, 0.4) is 0 Å². The van der Waals surface area contributed by atoms with E-state index in [0.717, 1.165) is 17.2 Å². The van der Waals surface area contributed by atoms with Crippen LogP contribution in [0.2, 0.25) is 0 Å². The number of nitrogens with zero attached hydrogens (tertiary/aromatic N) is 3. The van der Waals surface area contributed by atoms with E-state index in [4.69, 9.17) is 11.6 Å². The van der Waals surface area contributed by atoms with Gasteiger partial charge in [-0.15, -0.1) is 0 Å². The van der Waals surface area contributed by atoms with Gasteiger partial charge in [-0.1, -0.05) is 31.2 Å². The van der Waals surface area contributed by atoms with Gasteiger partial charge in [0.25, 0.3) is 5.91 Å². The Balaban J connectivity index is 1.71. The molecule has 1 aromatic heterocycles. The zero-order chi connectivity index (χ0) is 32.4. The molecular formula is C31H44N8O5. The van der Waals surface area contributed by atoms with Crippen molar-refractivity contribution in [3.63, 3.8) is 0 Å². The van der Waals surface area contributed by atoms with Crippen molar-refractivity contribution in [1.82, 2.24) is 31.1 Å². The summed E-state index contributed by atoms with van der Waals surface area (Å²) in [5.41, 5.74) is 8.99. The number of pyridine rings is 1. The zero-order valence-electron chi connectivity index (χ0n) is 25.7. The average Bonchev–Trinajstić information content (AvgIpc) is 3.01. The number of nitrogens with one attached hydrogen (secondary N) is 3. The van der Waals surface area contributed by atoms with Crippen molar-refractivity contribution < 1.29 is 24.3 Å². The number of carbonyl (C=O) groups excluding carboxylic acids is 3. The second-order valence-electron chi connectivity index (χ2n) is 11.5. The van der Waals surface area contributed by atoms with Crippen LogP contribution in [0.15, 0.2) is 48.9 Å². The van der Waals surface area contributed by atoms with E-state index in [9.17, 15) is 24.3 Å². The number of fused-ring (bicyclic) bond motifs is 1. The average molecular weight is 609 g/mol. The summed E-state index contributed by atoms with van der Waals surface area (Å²) >= 11 is 0. The smallest absolute Gasteiger partial charge is 0.322 e. The lowest BCUT2D eigenvalue weighted by Gasteiger charge is -2.34. The summed E-state index contributed by atoms with van der Waals surface area (Å²) in [6.45, 7) is 7.54. The molecule has 3 unspecified atom stereocenters. The number of carboxylic acid groups (broad SMARTS) is 1. The number of aromatic nitrogens is 1. The lowest BCUT2D eigenvalue weighted by Crippen LogP contribution is -2.60.